The van der Waals surface area contributed by atoms with Crippen LogP contribution < -0.4 is 10.5 Å². The summed E-state index contributed by atoms with van der Waals surface area (Å²) in [6.45, 7) is -0.375. The summed E-state index contributed by atoms with van der Waals surface area (Å²) < 4.78 is 67.0. The maximum Gasteiger partial charge on any atom is 0.243 e. The summed E-state index contributed by atoms with van der Waals surface area (Å²) in [5.74, 6) is -4.64. The molecule has 5 nitrogen and oxygen atoms in total. The van der Waals surface area contributed by atoms with Crippen LogP contribution in [0.1, 0.15) is 32.1 Å². The van der Waals surface area contributed by atoms with Gasteiger partial charge in [-0.3, -0.25) is 0 Å². The van der Waals surface area contributed by atoms with Gasteiger partial charge in [0.15, 0.2) is 17.5 Å². The van der Waals surface area contributed by atoms with Gasteiger partial charge in [0.25, 0.3) is 0 Å². The van der Waals surface area contributed by atoms with Crippen LogP contribution in [-0.4, -0.2) is 31.9 Å². The number of rotatable bonds is 6. The Bertz CT molecular complexity index is 786. The van der Waals surface area contributed by atoms with Crippen molar-refractivity contribution in [3.05, 3.63) is 29.6 Å². The maximum atomic E-state index is 14.9. The predicted molar refractivity (Wildman–Crippen MR) is 95.1 cm³/mol. The van der Waals surface area contributed by atoms with Crippen LogP contribution in [0.25, 0.3) is 0 Å². The molecule has 1 aromatic rings. The maximum absolute atomic E-state index is 14.9. The largest absolute Gasteiger partial charge is 0.396 e. The molecule has 0 heterocycles. The monoisotopic (exact) mass is 410 g/mol. The lowest BCUT2D eigenvalue weighted by Crippen LogP contribution is -2.25. The molecule has 4 N–H and O–H groups in total. The number of nitrogens with two attached hydrogens (primary N) is 1. The van der Waals surface area contributed by atoms with Crippen LogP contribution in [0.3, 0.4) is 0 Å². The SMILES string of the molecule is NS(=O)(=O)c1c(F)c(F)c(SCCO)c(F)c1N[C@@H]1CC/C=C/CCC1. The molecule has 1 aliphatic rings. The van der Waals surface area contributed by atoms with Crippen LogP contribution in [0, 0.1) is 17.5 Å². The first-order valence-corrected chi connectivity index (χ1v) is 10.7. The van der Waals surface area contributed by atoms with Gasteiger partial charge in [-0.2, -0.15) is 0 Å². The van der Waals surface area contributed by atoms with E-state index < -0.39 is 43.0 Å². The highest BCUT2D eigenvalue weighted by Crippen LogP contribution is 2.38. The van der Waals surface area contributed by atoms with E-state index in [1.165, 1.54) is 0 Å². The second-order valence-electron chi connectivity index (χ2n) is 5.91. The van der Waals surface area contributed by atoms with Crippen molar-refractivity contribution in [1.82, 2.24) is 0 Å². The number of anilines is 1. The number of thioether (sulfide) groups is 1. The average Bonchev–Trinajstić information content (AvgIpc) is 2.53. The Balaban J connectivity index is 2.53. The molecule has 0 saturated heterocycles. The quantitative estimate of drug-likeness (QED) is 0.381. The minimum atomic E-state index is -4.70. The van der Waals surface area contributed by atoms with Gasteiger partial charge in [0.2, 0.25) is 10.0 Å². The molecule has 0 aliphatic heterocycles. The van der Waals surface area contributed by atoms with Crippen molar-refractivity contribution < 1.29 is 26.7 Å². The molecule has 0 amide bonds. The summed E-state index contributed by atoms with van der Waals surface area (Å²) in [4.78, 5) is -1.89. The topological polar surface area (TPSA) is 92.4 Å². The van der Waals surface area contributed by atoms with E-state index >= 15 is 0 Å². The molecule has 146 valence electrons. The van der Waals surface area contributed by atoms with Gasteiger partial charge in [0, 0.05) is 11.8 Å². The van der Waals surface area contributed by atoms with E-state index in [4.69, 9.17) is 10.2 Å². The Kier molecular flexibility index (Phi) is 7.39. The second kappa shape index (κ2) is 9.12. The van der Waals surface area contributed by atoms with Gasteiger partial charge in [-0.1, -0.05) is 12.2 Å². The molecule has 26 heavy (non-hydrogen) atoms. The Hall–Kier alpha value is -1.23. The molecule has 1 aromatic carbocycles. The first-order chi connectivity index (χ1) is 12.3. The number of benzene rings is 1. The lowest BCUT2D eigenvalue weighted by molar-refractivity contribution is 0.322. The van der Waals surface area contributed by atoms with Crippen LogP contribution >= 0.6 is 11.8 Å². The van der Waals surface area contributed by atoms with Crippen LogP contribution in [0.4, 0.5) is 18.9 Å². The number of primary sulfonamides is 1. The number of halogens is 3. The molecule has 10 heteroatoms. The van der Waals surface area contributed by atoms with Crippen molar-refractivity contribution >= 4 is 27.5 Å². The van der Waals surface area contributed by atoms with E-state index in [0.29, 0.717) is 31.0 Å². The van der Waals surface area contributed by atoms with Crippen molar-refractivity contribution in [1.29, 1.82) is 0 Å². The summed E-state index contributed by atoms with van der Waals surface area (Å²) >= 11 is 0.564. The lowest BCUT2D eigenvalue weighted by atomic mass is 10.0. The molecule has 2 rings (SSSR count). The number of hydrogen-bond acceptors (Lipinski definition) is 5. The molecule has 0 radical (unpaired) electrons. The van der Waals surface area contributed by atoms with E-state index in [0.717, 1.165) is 12.8 Å². The fourth-order valence-electron chi connectivity index (χ4n) is 2.80. The van der Waals surface area contributed by atoms with Crippen LogP contribution in [-0.2, 0) is 10.0 Å². The summed E-state index contributed by atoms with van der Waals surface area (Å²) in [6.07, 6.45) is 7.52. The van der Waals surface area contributed by atoms with E-state index in [2.05, 4.69) is 5.32 Å². The van der Waals surface area contributed by atoms with Crippen molar-refractivity contribution in [2.24, 2.45) is 5.14 Å². The zero-order chi connectivity index (χ0) is 19.3. The Labute approximate surface area is 154 Å². The fourth-order valence-corrected chi connectivity index (χ4v) is 4.31. The summed E-state index contributed by atoms with van der Waals surface area (Å²) in [6, 6.07) is -0.310. The molecule has 1 aliphatic carbocycles. The van der Waals surface area contributed by atoms with E-state index in [9.17, 15) is 21.6 Å². The zero-order valence-corrected chi connectivity index (χ0v) is 15.6. The molecule has 0 spiro atoms. The number of allylic oxidation sites excluding steroid dienone is 2. The third kappa shape index (κ3) is 4.93. The molecular formula is C16H21F3N2O3S2. The van der Waals surface area contributed by atoms with Gasteiger partial charge in [-0.05, 0) is 32.1 Å². The van der Waals surface area contributed by atoms with Crippen molar-refractivity contribution in [3.63, 3.8) is 0 Å². The molecular weight excluding hydrogens is 389 g/mol. The number of sulfonamides is 1. The van der Waals surface area contributed by atoms with E-state index in [1.54, 1.807) is 0 Å². The van der Waals surface area contributed by atoms with E-state index in [-0.39, 0.29) is 18.4 Å². The summed E-state index contributed by atoms with van der Waals surface area (Å²) in [5.41, 5.74) is -0.651. The number of hydrogen-bond donors (Lipinski definition) is 3. The number of aliphatic hydroxyl groups is 1. The van der Waals surface area contributed by atoms with Gasteiger partial charge in [-0.15, -0.1) is 11.8 Å². The molecule has 0 bridgehead atoms. The van der Waals surface area contributed by atoms with Gasteiger partial charge in [-0.25, -0.2) is 26.7 Å². The molecule has 0 fully saturated rings. The zero-order valence-electron chi connectivity index (χ0n) is 14.0. The molecule has 0 unspecified atom stereocenters. The number of aliphatic hydroxyl groups excluding tert-OH is 1. The summed E-state index contributed by atoms with van der Waals surface area (Å²) in [5, 5.41) is 16.6. The molecule has 0 aromatic heterocycles. The fraction of sp³-hybridized carbons (Fsp3) is 0.500. The minimum absolute atomic E-state index is 0.0737. The standard InChI is InChI=1S/C16H21F3N2O3S2/c17-11-12(18)16(26(20,23)24)14(13(19)15(11)25-9-8-22)21-10-6-4-2-1-3-5-7-10/h1-2,10,21-22H,3-9H2,(H2,20,23,24)/b2-1+/t10-/m1/s1. The Morgan fingerprint density at radius 3 is 2.50 bits per heavy atom. The molecule has 0 saturated carbocycles. The van der Waals surface area contributed by atoms with Crippen LogP contribution in [0.5, 0.6) is 0 Å². The normalized spacial score (nSPS) is 19.7. The molecule has 1 atom stereocenters. The van der Waals surface area contributed by atoms with E-state index in [1.807, 2.05) is 12.2 Å². The van der Waals surface area contributed by atoms with Gasteiger partial charge in [0.1, 0.15) is 4.90 Å². The van der Waals surface area contributed by atoms with Crippen molar-refractivity contribution in [2.75, 3.05) is 17.7 Å². The van der Waals surface area contributed by atoms with Gasteiger partial charge >= 0.3 is 0 Å². The second-order valence-corrected chi connectivity index (χ2v) is 8.52. The average molecular weight is 410 g/mol. The van der Waals surface area contributed by atoms with Crippen LogP contribution in [0.15, 0.2) is 21.9 Å². The Morgan fingerprint density at radius 1 is 1.15 bits per heavy atom. The van der Waals surface area contributed by atoms with Crippen molar-refractivity contribution in [2.45, 2.75) is 47.9 Å². The third-order valence-electron chi connectivity index (χ3n) is 3.98. The third-order valence-corrected chi connectivity index (χ3v) is 5.97. The van der Waals surface area contributed by atoms with Crippen LogP contribution in [0.2, 0.25) is 0 Å². The first-order valence-electron chi connectivity index (χ1n) is 8.15. The highest BCUT2D eigenvalue weighted by molar-refractivity contribution is 7.99. The van der Waals surface area contributed by atoms with Gasteiger partial charge in [0.05, 0.1) is 17.2 Å². The highest BCUT2D eigenvalue weighted by Gasteiger charge is 2.32. The highest BCUT2D eigenvalue weighted by atomic mass is 32.2. The lowest BCUT2D eigenvalue weighted by Gasteiger charge is -2.23. The number of nitrogens with one attached hydrogen (secondary N) is 1. The van der Waals surface area contributed by atoms with Crippen molar-refractivity contribution in [3.8, 4) is 0 Å². The smallest absolute Gasteiger partial charge is 0.243 e. The minimum Gasteiger partial charge on any atom is -0.396 e. The Morgan fingerprint density at radius 2 is 1.85 bits per heavy atom. The summed E-state index contributed by atoms with van der Waals surface area (Å²) in [7, 11) is -4.70. The first kappa shape index (κ1) is 21.1. The van der Waals surface area contributed by atoms with Gasteiger partial charge < -0.3 is 10.4 Å². The predicted octanol–water partition coefficient (Wildman–Crippen LogP) is 3.14.